The molecule has 0 amide bonds. The highest BCUT2D eigenvalue weighted by Crippen LogP contribution is 2.31. The molecule has 0 saturated carbocycles. The van der Waals surface area contributed by atoms with Crippen molar-refractivity contribution in [3.63, 3.8) is 0 Å². The molecule has 0 bridgehead atoms. The highest BCUT2D eigenvalue weighted by atomic mass is 16.5. The van der Waals surface area contributed by atoms with Gasteiger partial charge in [0.05, 0.1) is 11.5 Å². The number of piperidine rings is 1. The topological polar surface area (TPSA) is 54.1 Å². The molecule has 1 aliphatic heterocycles. The Morgan fingerprint density at radius 2 is 2.24 bits per heavy atom. The van der Waals surface area contributed by atoms with Crippen LogP contribution in [-0.4, -0.2) is 30.0 Å². The third-order valence-electron chi connectivity index (χ3n) is 3.96. The smallest absolute Gasteiger partial charge is 0.169 e. The number of nitrogens with one attached hydrogen (secondary N) is 2. The molecule has 2 N–H and O–H groups in total. The van der Waals surface area contributed by atoms with Crippen molar-refractivity contribution in [2.24, 2.45) is 5.92 Å². The second kappa shape index (κ2) is 5.90. The van der Waals surface area contributed by atoms with Crippen molar-refractivity contribution in [1.29, 1.82) is 0 Å². The monoisotopic (exact) mass is 286 g/mol. The van der Waals surface area contributed by atoms with E-state index >= 15 is 0 Å². The van der Waals surface area contributed by atoms with Crippen LogP contribution in [0.25, 0.3) is 10.9 Å². The van der Waals surface area contributed by atoms with Crippen molar-refractivity contribution >= 4 is 16.7 Å². The van der Waals surface area contributed by atoms with E-state index in [0.717, 1.165) is 48.1 Å². The number of ether oxygens (including phenoxy) is 1. The molecule has 1 aliphatic rings. The minimum Gasteiger partial charge on any atom is -0.490 e. The van der Waals surface area contributed by atoms with Gasteiger partial charge in [-0.25, -0.2) is 0 Å². The molecule has 2 aromatic rings. The maximum Gasteiger partial charge on any atom is 0.169 e. The van der Waals surface area contributed by atoms with Crippen molar-refractivity contribution in [3.8, 4) is 5.75 Å². The summed E-state index contributed by atoms with van der Waals surface area (Å²) in [5, 5.41) is 4.23. The average Bonchev–Trinajstić information content (AvgIpc) is 2.92. The number of hydrogen-bond donors (Lipinski definition) is 2. The zero-order valence-corrected chi connectivity index (χ0v) is 12.6. The van der Waals surface area contributed by atoms with Gasteiger partial charge in [-0.15, -0.1) is 0 Å². The Kier molecular flexibility index (Phi) is 3.97. The SMILES string of the molecule is CC(C)Oc1cccc2[nH]cc(C(=O)C3CCCNC3)c12. The van der Waals surface area contributed by atoms with E-state index in [1.54, 1.807) is 0 Å². The van der Waals surface area contributed by atoms with Crippen molar-refractivity contribution in [1.82, 2.24) is 10.3 Å². The Morgan fingerprint density at radius 3 is 2.95 bits per heavy atom. The molecule has 1 aromatic heterocycles. The molecule has 1 saturated heterocycles. The van der Waals surface area contributed by atoms with Gasteiger partial charge in [0.2, 0.25) is 0 Å². The van der Waals surface area contributed by atoms with Gasteiger partial charge >= 0.3 is 0 Å². The zero-order chi connectivity index (χ0) is 14.8. The van der Waals surface area contributed by atoms with Gasteiger partial charge in [0, 0.05) is 29.7 Å². The highest BCUT2D eigenvalue weighted by Gasteiger charge is 2.25. The van der Waals surface area contributed by atoms with Crippen LogP contribution in [0.3, 0.4) is 0 Å². The fraction of sp³-hybridized carbons (Fsp3) is 0.471. The molecule has 3 rings (SSSR count). The van der Waals surface area contributed by atoms with E-state index in [1.807, 2.05) is 38.2 Å². The lowest BCUT2D eigenvalue weighted by molar-refractivity contribution is 0.0901. The number of carbonyl (C=O) groups is 1. The number of aromatic nitrogens is 1. The predicted molar refractivity (Wildman–Crippen MR) is 84.0 cm³/mol. The van der Waals surface area contributed by atoms with Gasteiger partial charge in [-0.1, -0.05) is 6.07 Å². The molecular formula is C17H22N2O2. The number of H-pyrrole nitrogens is 1. The molecule has 112 valence electrons. The van der Waals surface area contributed by atoms with Crippen molar-refractivity contribution < 1.29 is 9.53 Å². The van der Waals surface area contributed by atoms with E-state index in [2.05, 4.69) is 10.3 Å². The molecular weight excluding hydrogens is 264 g/mol. The Bertz CT molecular complexity index is 639. The Labute approximate surface area is 124 Å². The van der Waals surface area contributed by atoms with Gasteiger partial charge in [0.1, 0.15) is 5.75 Å². The molecule has 1 fully saturated rings. The number of ketones is 1. The summed E-state index contributed by atoms with van der Waals surface area (Å²) in [7, 11) is 0. The van der Waals surface area contributed by atoms with Crippen LogP contribution >= 0.6 is 0 Å². The zero-order valence-electron chi connectivity index (χ0n) is 12.6. The van der Waals surface area contributed by atoms with Crippen molar-refractivity contribution in [2.45, 2.75) is 32.8 Å². The van der Waals surface area contributed by atoms with Crippen LogP contribution in [0.1, 0.15) is 37.0 Å². The van der Waals surface area contributed by atoms with E-state index in [-0.39, 0.29) is 17.8 Å². The average molecular weight is 286 g/mol. The first-order valence-corrected chi connectivity index (χ1v) is 7.68. The maximum atomic E-state index is 12.8. The van der Waals surface area contributed by atoms with E-state index in [9.17, 15) is 4.79 Å². The number of aromatic amines is 1. The number of Topliss-reactive ketones (excluding diaryl/α,β-unsaturated/α-hetero) is 1. The van der Waals surface area contributed by atoms with Gasteiger partial charge in [0.25, 0.3) is 0 Å². The minimum atomic E-state index is 0.0739. The molecule has 0 radical (unpaired) electrons. The quantitative estimate of drug-likeness (QED) is 0.849. The fourth-order valence-electron chi connectivity index (χ4n) is 2.99. The third kappa shape index (κ3) is 2.81. The van der Waals surface area contributed by atoms with E-state index in [4.69, 9.17) is 4.74 Å². The number of benzene rings is 1. The number of hydrogen-bond acceptors (Lipinski definition) is 3. The first-order chi connectivity index (χ1) is 10.2. The Morgan fingerprint density at radius 1 is 1.38 bits per heavy atom. The maximum absolute atomic E-state index is 12.8. The van der Waals surface area contributed by atoms with Crippen LogP contribution < -0.4 is 10.1 Å². The summed E-state index contributed by atoms with van der Waals surface area (Å²) in [4.78, 5) is 16.0. The van der Waals surface area contributed by atoms with Crippen LogP contribution in [0.15, 0.2) is 24.4 Å². The first-order valence-electron chi connectivity index (χ1n) is 7.68. The van der Waals surface area contributed by atoms with Crippen LogP contribution in [0, 0.1) is 5.92 Å². The van der Waals surface area contributed by atoms with E-state index in [1.165, 1.54) is 0 Å². The summed E-state index contributed by atoms with van der Waals surface area (Å²) in [6.07, 6.45) is 3.94. The van der Waals surface area contributed by atoms with Gasteiger partial charge in [0.15, 0.2) is 5.78 Å². The summed E-state index contributed by atoms with van der Waals surface area (Å²) >= 11 is 0. The normalized spacial score (nSPS) is 19.1. The molecule has 2 heterocycles. The molecule has 4 nitrogen and oxygen atoms in total. The number of carbonyl (C=O) groups excluding carboxylic acids is 1. The highest BCUT2D eigenvalue weighted by molar-refractivity contribution is 6.11. The summed E-state index contributed by atoms with van der Waals surface area (Å²) in [6, 6.07) is 5.87. The molecule has 21 heavy (non-hydrogen) atoms. The van der Waals surface area contributed by atoms with Crippen molar-refractivity contribution in [2.75, 3.05) is 13.1 Å². The lowest BCUT2D eigenvalue weighted by Crippen LogP contribution is -2.34. The molecule has 0 spiro atoms. The lowest BCUT2D eigenvalue weighted by Gasteiger charge is -2.21. The van der Waals surface area contributed by atoms with E-state index in [0.29, 0.717) is 0 Å². The molecule has 0 aliphatic carbocycles. The Hall–Kier alpha value is -1.81. The molecule has 1 aromatic carbocycles. The molecule has 4 heteroatoms. The van der Waals surface area contributed by atoms with E-state index < -0.39 is 0 Å². The van der Waals surface area contributed by atoms with Crippen LogP contribution in [-0.2, 0) is 0 Å². The van der Waals surface area contributed by atoms with Gasteiger partial charge in [-0.05, 0) is 45.4 Å². The summed E-state index contributed by atoms with van der Waals surface area (Å²) in [6.45, 7) is 5.79. The van der Waals surface area contributed by atoms with Crippen LogP contribution in [0.4, 0.5) is 0 Å². The van der Waals surface area contributed by atoms with Crippen LogP contribution in [0.5, 0.6) is 5.75 Å². The van der Waals surface area contributed by atoms with Crippen LogP contribution in [0.2, 0.25) is 0 Å². The number of fused-ring (bicyclic) bond motifs is 1. The summed E-state index contributed by atoms with van der Waals surface area (Å²) < 4.78 is 5.88. The standard InChI is InChI=1S/C17H22N2O2/c1-11(2)21-15-7-3-6-14-16(15)13(10-19-14)17(20)12-5-4-8-18-9-12/h3,6-7,10-12,18-19H,4-5,8-9H2,1-2H3. The van der Waals surface area contributed by atoms with Crippen molar-refractivity contribution in [3.05, 3.63) is 30.0 Å². The second-order valence-electron chi connectivity index (χ2n) is 5.96. The molecule has 1 atom stereocenters. The van der Waals surface area contributed by atoms with Gasteiger partial charge < -0.3 is 15.0 Å². The Balaban J connectivity index is 1.99. The fourth-order valence-corrected chi connectivity index (χ4v) is 2.99. The summed E-state index contributed by atoms with van der Waals surface area (Å²) in [5.74, 6) is 1.08. The third-order valence-corrected chi connectivity index (χ3v) is 3.96. The lowest BCUT2D eigenvalue weighted by atomic mass is 9.90. The molecule has 1 unspecified atom stereocenters. The second-order valence-corrected chi connectivity index (χ2v) is 5.96. The first kappa shape index (κ1) is 14.1. The minimum absolute atomic E-state index is 0.0739. The summed E-state index contributed by atoms with van der Waals surface area (Å²) in [5.41, 5.74) is 1.72. The predicted octanol–water partition coefficient (Wildman–Crippen LogP) is 3.14. The number of rotatable bonds is 4. The van der Waals surface area contributed by atoms with Gasteiger partial charge in [-0.2, -0.15) is 0 Å². The van der Waals surface area contributed by atoms with Gasteiger partial charge in [-0.3, -0.25) is 4.79 Å². The largest absolute Gasteiger partial charge is 0.490 e.